The molecule has 6 nitrogen and oxygen atoms in total. The number of benzene rings is 2. The number of anilines is 1. The summed E-state index contributed by atoms with van der Waals surface area (Å²) in [4.78, 5) is 19.9. The Morgan fingerprint density at radius 2 is 1.75 bits per heavy atom. The molecular weight excluding hydrogens is 405 g/mol. The lowest BCUT2D eigenvalue weighted by atomic mass is 10.1. The molecule has 0 aliphatic carbocycles. The van der Waals surface area contributed by atoms with Crippen LogP contribution in [-0.4, -0.2) is 25.1 Å². The molecule has 0 saturated heterocycles. The number of nitrogens with zero attached hydrogens (tertiary/aromatic N) is 5. The van der Waals surface area contributed by atoms with Gasteiger partial charge in [0.2, 0.25) is 0 Å². The lowest BCUT2D eigenvalue weighted by Gasteiger charge is -2.22. The van der Waals surface area contributed by atoms with Gasteiger partial charge in [-0.3, -0.25) is 9.48 Å². The highest BCUT2D eigenvalue weighted by molar-refractivity contribution is 6.05. The van der Waals surface area contributed by atoms with Crippen LogP contribution in [0.4, 0.5) is 10.1 Å². The fraction of sp³-hybridized carbons (Fsp3) is 0.0800. The predicted octanol–water partition coefficient (Wildman–Crippen LogP) is 4.72. The van der Waals surface area contributed by atoms with Crippen molar-refractivity contribution >= 4 is 17.2 Å². The zero-order chi connectivity index (χ0) is 22.1. The van der Waals surface area contributed by atoms with Crippen LogP contribution in [0.5, 0.6) is 0 Å². The van der Waals surface area contributed by atoms with Crippen molar-refractivity contribution in [3.63, 3.8) is 0 Å². The van der Waals surface area contributed by atoms with Gasteiger partial charge in [-0.2, -0.15) is 5.10 Å². The first-order valence-corrected chi connectivity index (χ1v) is 10.2. The van der Waals surface area contributed by atoms with Crippen LogP contribution in [0, 0.1) is 5.82 Å². The maximum atomic E-state index is 13.7. The topological polar surface area (TPSA) is 55.4 Å². The van der Waals surface area contributed by atoms with Gasteiger partial charge in [-0.1, -0.05) is 24.3 Å². The third kappa shape index (κ3) is 3.65. The van der Waals surface area contributed by atoms with E-state index >= 15 is 0 Å². The van der Waals surface area contributed by atoms with E-state index in [1.54, 1.807) is 41.0 Å². The number of rotatable bonds is 5. The summed E-state index contributed by atoms with van der Waals surface area (Å²) < 4.78 is 16.8. The van der Waals surface area contributed by atoms with Crippen LogP contribution >= 0.6 is 0 Å². The number of carbonyl (C=O) groups excluding carboxylic acids is 1. The minimum atomic E-state index is -0.315. The molecule has 5 rings (SSSR count). The standard InChI is InChI=1S/C25H20FN5O/c1-29-23(15-22(28-29)18-10-12-19(26)13-11-18)25(32)31(20-7-3-2-4-8-20)17-21-16-27-24-9-5-6-14-30(21)24/h2-16H,17H2,1H3. The number of halogens is 1. The van der Waals surface area contributed by atoms with Crippen LogP contribution in [0.25, 0.3) is 16.9 Å². The Bertz CT molecular complexity index is 1390. The van der Waals surface area contributed by atoms with E-state index in [0.717, 1.165) is 22.6 Å². The van der Waals surface area contributed by atoms with E-state index in [2.05, 4.69) is 10.1 Å². The molecule has 0 atom stereocenters. The lowest BCUT2D eigenvalue weighted by Crippen LogP contribution is -2.32. The van der Waals surface area contributed by atoms with Crippen molar-refractivity contribution in [3.8, 4) is 11.3 Å². The first-order valence-electron chi connectivity index (χ1n) is 10.2. The smallest absolute Gasteiger partial charge is 0.276 e. The van der Waals surface area contributed by atoms with Crippen molar-refractivity contribution in [2.75, 3.05) is 4.90 Å². The second-order valence-corrected chi connectivity index (χ2v) is 7.45. The Balaban J connectivity index is 1.53. The number of hydrogen-bond acceptors (Lipinski definition) is 3. The molecule has 32 heavy (non-hydrogen) atoms. The second kappa shape index (κ2) is 8.11. The van der Waals surface area contributed by atoms with Gasteiger partial charge in [0.25, 0.3) is 5.91 Å². The monoisotopic (exact) mass is 425 g/mol. The summed E-state index contributed by atoms with van der Waals surface area (Å²) in [7, 11) is 1.73. The van der Waals surface area contributed by atoms with Gasteiger partial charge < -0.3 is 9.30 Å². The number of carbonyl (C=O) groups is 1. The van der Waals surface area contributed by atoms with E-state index in [1.165, 1.54) is 12.1 Å². The third-order valence-corrected chi connectivity index (χ3v) is 5.37. The van der Waals surface area contributed by atoms with Gasteiger partial charge in [-0.25, -0.2) is 9.37 Å². The molecule has 5 aromatic rings. The maximum absolute atomic E-state index is 13.7. The van der Waals surface area contributed by atoms with E-state index in [9.17, 15) is 9.18 Å². The van der Waals surface area contributed by atoms with Gasteiger partial charge in [0, 0.05) is 24.5 Å². The number of fused-ring (bicyclic) bond motifs is 1. The molecule has 0 bridgehead atoms. The Morgan fingerprint density at radius 3 is 2.53 bits per heavy atom. The molecule has 7 heteroatoms. The lowest BCUT2D eigenvalue weighted by molar-refractivity contribution is 0.0975. The number of amides is 1. The summed E-state index contributed by atoms with van der Waals surface area (Å²) >= 11 is 0. The second-order valence-electron chi connectivity index (χ2n) is 7.45. The first-order chi connectivity index (χ1) is 15.6. The quantitative estimate of drug-likeness (QED) is 0.409. The summed E-state index contributed by atoms with van der Waals surface area (Å²) in [5.74, 6) is -0.505. The number of para-hydroxylation sites is 1. The molecule has 2 aromatic carbocycles. The molecule has 0 saturated carbocycles. The van der Waals surface area contributed by atoms with Crippen molar-refractivity contribution in [3.05, 3.63) is 108 Å². The fourth-order valence-corrected chi connectivity index (χ4v) is 3.72. The summed E-state index contributed by atoms with van der Waals surface area (Å²) in [6, 6.07) is 23.1. The third-order valence-electron chi connectivity index (χ3n) is 5.37. The van der Waals surface area contributed by atoms with Gasteiger partial charge >= 0.3 is 0 Å². The minimum Gasteiger partial charge on any atom is -0.302 e. The van der Waals surface area contributed by atoms with Gasteiger partial charge in [0.1, 0.15) is 17.2 Å². The molecule has 3 heterocycles. The van der Waals surface area contributed by atoms with Crippen LogP contribution in [0.1, 0.15) is 16.2 Å². The van der Waals surface area contributed by atoms with E-state index in [4.69, 9.17) is 0 Å². The number of imidazole rings is 1. The summed E-state index contributed by atoms with van der Waals surface area (Å²) in [5, 5.41) is 4.48. The molecule has 0 fully saturated rings. The Hall–Kier alpha value is -4.26. The molecule has 158 valence electrons. The summed E-state index contributed by atoms with van der Waals surface area (Å²) in [5.41, 5.74) is 4.27. The van der Waals surface area contributed by atoms with Gasteiger partial charge in [-0.15, -0.1) is 0 Å². The van der Waals surface area contributed by atoms with Crippen molar-refractivity contribution in [2.24, 2.45) is 7.05 Å². The minimum absolute atomic E-state index is 0.189. The zero-order valence-electron chi connectivity index (χ0n) is 17.4. The largest absolute Gasteiger partial charge is 0.302 e. The Kier molecular flexibility index (Phi) is 4.99. The predicted molar refractivity (Wildman–Crippen MR) is 121 cm³/mol. The Labute approximate surface area is 184 Å². The highest BCUT2D eigenvalue weighted by atomic mass is 19.1. The highest BCUT2D eigenvalue weighted by Crippen LogP contribution is 2.24. The molecule has 0 aliphatic heterocycles. The fourth-order valence-electron chi connectivity index (χ4n) is 3.72. The molecule has 0 unspecified atom stereocenters. The average Bonchev–Trinajstić information content (AvgIpc) is 3.41. The van der Waals surface area contributed by atoms with E-state index in [-0.39, 0.29) is 11.7 Å². The number of hydrogen-bond donors (Lipinski definition) is 0. The Morgan fingerprint density at radius 1 is 1.00 bits per heavy atom. The average molecular weight is 425 g/mol. The number of pyridine rings is 1. The molecule has 0 aliphatic rings. The van der Waals surface area contributed by atoms with Crippen molar-refractivity contribution in [1.29, 1.82) is 0 Å². The summed E-state index contributed by atoms with van der Waals surface area (Å²) in [6.07, 6.45) is 3.72. The molecule has 3 aromatic heterocycles. The molecule has 0 spiro atoms. The van der Waals surface area contributed by atoms with E-state index in [0.29, 0.717) is 17.9 Å². The van der Waals surface area contributed by atoms with Crippen molar-refractivity contribution in [2.45, 2.75) is 6.54 Å². The zero-order valence-corrected chi connectivity index (χ0v) is 17.4. The number of aromatic nitrogens is 4. The SMILES string of the molecule is Cn1nc(-c2ccc(F)cc2)cc1C(=O)N(Cc1cnc2ccccn12)c1ccccc1. The van der Waals surface area contributed by atoms with Gasteiger partial charge in [-0.05, 0) is 54.6 Å². The van der Waals surface area contributed by atoms with Crippen LogP contribution < -0.4 is 4.90 Å². The number of aryl methyl sites for hydroxylation is 1. The normalized spacial score (nSPS) is 11.1. The van der Waals surface area contributed by atoms with Gasteiger partial charge in [0.05, 0.1) is 24.1 Å². The molecule has 0 N–H and O–H groups in total. The van der Waals surface area contributed by atoms with Crippen LogP contribution in [0.2, 0.25) is 0 Å². The van der Waals surface area contributed by atoms with Gasteiger partial charge in [0.15, 0.2) is 0 Å². The van der Waals surface area contributed by atoms with Crippen molar-refractivity contribution < 1.29 is 9.18 Å². The van der Waals surface area contributed by atoms with Crippen LogP contribution in [0.15, 0.2) is 91.3 Å². The molecular formula is C25H20FN5O. The molecule has 1 amide bonds. The maximum Gasteiger partial charge on any atom is 0.276 e. The summed E-state index contributed by atoms with van der Waals surface area (Å²) in [6.45, 7) is 0.338. The molecule has 0 radical (unpaired) electrons. The van der Waals surface area contributed by atoms with E-state index in [1.807, 2.05) is 59.1 Å². The first kappa shape index (κ1) is 19.7. The van der Waals surface area contributed by atoms with Crippen LogP contribution in [0.3, 0.4) is 0 Å². The van der Waals surface area contributed by atoms with E-state index < -0.39 is 0 Å². The highest BCUT2D eigenvalue weighted by Gasteiger charge is 2.23. The van der Waals surface area contributed by atoms with Crippen molar-refractivity contribution in [1.82, 2.24) is 19.2 Å². The van der Waals surface area contributed by atoms with Crippen LogP contribution in [-0.2, 0) is 13.6 Å².